The van der Waals surface area contributed by atoms with Gasteiger partial charge in [-0.1, -0.05) is 54.1 Å². The van der Waals surface area contributed by atoms with Crippen molar-refractivity contribution in [2.75, 3.05) is 13.2 Å². The van der Waals surface area contributed by atoms with Gasteiger partial charge in [0.25, 0.3) is 0 Å². The normalized spacial score (nSPS) is 16.8. The molecule has 6 nitrogen and oxygen atoms in total. The van der Waals surface area contributed by atoms with E-state index in [4.69, 9.17) is 21.1 Å². The van der Waals surface area contributed by atoms with Crippen LogP contribution in [0.3, 0.4) is 0 Å². The second kappa shape index (κ2) is 9.69. The Bertz CT molecular complexity index is 994. The monoisotopic (exact) mass is 423 g/mol. The van der Waals surface area contributed by atoms with Crippen LogP contribution in [0.2, 0.25) is 5.15 Å². The molecule has 1 N–H and O–H groups in total. The molecular formula is C23H22ClN3O3. The molecule has 0 saturated carbocycles. The molecule has 0 radical (unpaired) electrons. The number of carbonyl (C=O) groups is 1. The van der Waals surface area contributed by atoms with E-state index in [0.717, 1.165) is 11.1 Å². The Morgan fingerprint density at radius 2 is 2.00 bits per heavy atom. The molecule has 1 saturated heterocycles. The van der Waals surface area contributed by atoms with Crippen LogP contribution in [0.5, 0.6) is 5.75 Å². The molecule has 0 spiro atoms. The van der Waals surface area contributed by atoms with Crippen molar-refractivity contribution in [3.05, 3.63) is 89.0 Å². The van der Waals surface area contributed by atoms with E-state index in [1.165, 1.54) is 6.20 Å². The van der Waals surface area contributed by atoms with Gasteiger partial charge < -0.3 is 14.8 Å². The third-order valence-electron chi connectivity index (χ3n) is 4.98. The largest absolute Gasteiger partial charge is 0.489 e. The van der Waals surface area contributed by atoms with Crippen molar-refractivity contribution in [2.24, 2.45) is 5.92 Å². The minimum absolute atomic E-state index is 0.0881. The molecule has 1 fully saturated rings. The van der Waals surface area contributed by atoms with E-state index in [-0.39, 0.29) is 17.0 Å². The Labute approximate surface area is 180 Å². The lowest BCUT2D eigenvalue weighted by atomic mass is 10.0. The lowest BCUT2D eigenvalue weighted by Crippen LogP contribution is -2.35. The van der Waals surface area contributed by atoms with E-state index in [2.05, 4.69) is 15.3 Å². The third kappa shape index (κ3) is 4.96. The zero-order chi connectivity index (χ0) is 20.8. The van der Waals surface area contributed by atoms with Gasteiger partial charge in [0.2, 0.25) is 5.91 Å². The molecule has 1 amide bonds. The summed E-state index contributed by atoms with van der Waals surface area (Å²) in [7, 11) is 0. The molecule has 7 heteroatoms. The van der Waals surface area contributed by atoms with Gasteiger partial charge >= 0.3 is 0 Å². The summed E-state index contributed by atoms with van der Waals surface area (Å²) in [6, 6.07) is 17.0. The molecule has 2 aromatic carbocycles. The molecule has 1 aliphatic rings. The maximum atomic E-state index is 12.8. The lowest BCUT2D eigenvalue weighted by molar-refractivity contribution is -0.125. The van der Waals surface area contributed by atoms with Crippen LogP contribution in [0.4, 0.5) is 0 Å². The van der Waals surface area contributed by atoms with E-state index in [9.17, 15) is 4.79 Å². The van der Waals surface area contributed by atoms with Gasteiger partial charge in [-0.15, -0.1) is 0 Å². The van der Waals surface area contributed by atoms with Gasteiger partial charge in [-0.05, 0) is 29.7 Å². The number of hydrogen-bond acceptors (Lipinski definition) is 5. The zero-order valence-corrected chi connectivity index (χ0v) is 17.1. The minimum atomic E-state index is -0.542. The fourth-order valence-corrected chi connectivity index (χ4v) is 3.58. The molecule has 3 aromatic rings. The van der Waals surface area contributed by atoms with Crippen molar-refractivity contribution in [1.82, 2.24) is 15.3 Å². The molecule has 2 heterocycles. The minimum Gasteiger partial charge on any atom is -0.489 e. The van der Waals surface area contributed by atoms with Gasteiger partial charge in [-0.3, -0.25) is 9.78 Å². The van der Waals surface area contributed by atoms with Crippen molar-refractivity contribution in [2.45, 2.75) is 19.1 Å². The van der Waals surface area contributed by atoms with Gasteiger partial charge in [-0.25, -0.2) is 4.98 Å². The Morgan fingerprint density at radius 3 is 2.77 bits per heavy atom. The highest BCUT2D eigenvalue weighted by Gasteiger charge is 2.28. The molecule has 2 unspecified atom stereocenters. The molecule has 0 bridgehead atoms. The molecule has 154 valence electrons. The first-order valence-corrected chi connectivity index (χ1v) is 10.2. The van der Waals surface area contributed by atoms with Crippen LogP contribution in [0, 0.1) is 5.92 Å². The van der Waals surface area contributed by atoms with Crippen LogP contribution in [0.15, 0.2) is 67.0 Å². The zero-order valence-electron chi connectivity index (χ0n) is 16.3. The molecule has 30 heavy (non-hydrogen) atoms. The van der Waals surface area contributed by atoms with Crippen molar-refractivity contribution in [3.63, 3.8) is 0 Å². The number of aromatic nitrogens is 2. The highest BCUT2D eigenvalue weighted by atomic mass is 35.5. The molecule has 2 atom stereocenters. The maximum absolute atomic E-state index is 12.8. The van der Waals surface area contributed by atoms with Gasteiger partial charge in [0.05, 0.1) is 18.6 Å². The standard InChI is InChI=1S/C23H22ClN3O3/c24-22-21(25-10-11-26-22)20(27-23(28)18-9-12-29-15-18)17-7-4-8-19(13-17)30-14-16-5-2-1-3-6-16/h1-8,10-11,13,18,20H,9,12,14-15H2,(H,27,28). The van der Waals surface area contributed by atoms with E-state index < -0.39 is 6.04 Å². The summed E-state index contributed by atoms with van der Waals surface area (Å²) in [5, 5.41) is 3.32. The van der Waals surface area contributed by atoms with Crippen LogP contribution >= 0.6 is 11.6 Å². The van der Waals surface area contributed by atoms with Crippen molar-refractivity contribution < 1.29 is 14.3 Å². The van der Waals surface area contributed by atoms with Gasteiger partial charge in [0.15, 0.2) is 5.15 Å². The average Bonchev–Trinajstić information content (AvgIpc) is 3.33. The summed E-state index contributed by atoms with van der Waals surface area (Å²) in [6.45, 7) is 1.47. The maximum Gasteiger partial charge on any atom is 0.226 e. The van der Waals surface area contributed by atoms with E-state index in [1.807, 2.05) is 54.6 Å². The van der Waals surface area contributed by atoms with Gasteiger partial charge in [0.1, 0.15) is 18.1 Å². The second-order valence-corrected chi connectivity index (χ2v) is 7.44. The number of nitrogens with zero attached hydrogens (tertiary/aromatic N) is 2. The number of ether oxygens (including phenoxy) is 2. The van der Waals surface area contributed by atoms with Crippen LogP contribution < -0.4 is 10.1 Å². The highest BCUT2D eigenvalue weighted by molar-refractivity contribution is 6.30. The molecule has 0 aliphatic carbocycles. The predicted molar refractivity (Wildman–Crippen MR) is 113 cm³/mol. The average molecular weight is 424 g/mol. The van der Waals surface area contributed by atoms with Crippen molar-refractivity contribution in [3.8, 4) is 5.75 Å². The number of hydrogen-bond donors (Lipinski definition) is 1. The first-order chi connectivity index (χ1) is 14.7. The summed E-state index contributed by atoms with van der Waals surface area (Å²) in [6.07, 6.45) is 3.79. The molecular weight excluding hydrogens is 402 g/mol. The number of nitrogens with one attached hydrogen (secondary N) is 1. The van der Waals surface area contributed by atoms with E-state index in [0.29, 0.717) is 37.7 Å². The summed E-state index contributed by atoms with van der Waals surface area (Å²) in [5.41, 5.74) is 2.38. The number of carbonyl (C=O) groups excluding carboxylic acids is 1. The Hall–Kier alpha value is -2.96. The van der Waals surface area contributed by atoms with Crippen LogP contribution in [0.1, 0.15) is 29.3 Å². The smallest absolute Gasteiger partial charge is 0.226 e. The summed E-state index contributed by atoms with van der Waals surface area (Å²) >= 11 is 6.31. The summed E-state index contributed by atoms with van der Waals surface area (Å²) in [4.78, 5) is 21.3. The third-order valence-corrected chi connectivity index (χ3v) is 5.27. The Kier molecular flexibility index (Phi) is 6.57. The summed E-state index contributed by atoms with van der Waals surface area (Å²) in [5.74, 6) is 0.426. The molecule has 4 rings (SSSR count). The van der Waals surface area contributed by atoms with E-state index >= 15 is 0 Å². The van der Waals surface area contributed by atoms with Crippen molar-refractivity contribution >= 4 is 17.5 Å². The summed E-state index contributed by atoms with van der Waals surface area (Å²) < 4.78 is 11.3. The number of rotatable bonds is 7. The van der Waals surface area contributed by atoms with Crippen molar-refractivity contribution in [1.29, 1.82) is 0 Å². The first-order valence-electron chi connectivity index (χ1n) is 9.82. The first kappa shape index (κ1) is 20.3. The fourth-order valence-electron chi connectivity index (χ4n) is 3.36. The quantitative estimate of drug-likeness (QED) is 0.622. The van der Waals surface area contributed by atoms with Gasteiger partial charge in [0, 0.05) is 19.0 Å². The number of benzene rings is 2. The Balaban J connectivity index is 1.58. The predicted octanol–water partition coefficient (Wildman–Crippen LogP) is 3.95. The second-order valence-electron chi connectivity index (χ2n) is 7.08. The lowest BCUT2D eigenvalue weighted by Gasteiger charge is -2.21. The van der Waals surface area contributed by atoms with Crippen LogP contribution in [-0.4, -0.2) is 29.1 Å². The number of amides is 1. The SMILES string of the molecule is O=C(NC(c1cccc(OCc2ccccc2)c1)c1nccnc1Cl)C1CCOC1. The number of halogens is 1. The van der Waals surface area contributed by atoms with Crippen LogP contribution in [0.25, 0.3) is 0 Å². The topological polar surface area (TPSA) is 73.3 Å². The highest BCUT2D eigenvalue weighted by Crippen LogP contribution is 2.28. The molecule has 1 aliphatic heterocycles. The fraction of sp³-hybridized carbons (Fsp3) is 0.261. The van der Waals surface area contributed by atoms with E-state index in [1.54, 1.807) is 6.20 Å². The Morgan fingerprint density at radius 1 is 1.17 bits per heavy atom. The van der Waals surface area contributed by atoms with Gasteiger partial charge in [-0.2, -0.15) is 0 Å². The van der Waals surface area contributed by atoms with Crippen LogP contribution in [-0.2, 0) is 16.1 Å². The molecule has 1 aromatic heterocycles.